The van der Waals surface area contributed by atoms with Crippen molar-refractivity contribution in [1.29, 1.82) is 0 Å². The van der Waals surface area contributed by atoms with Gasteiger partial charge in [-0.3, -0.25) is 4.79 Å². The van der Waals surface area contributed by atoms with E-state index in [1.165, 1.54) is 0 Å². The quantitative estimate of drug-likeness (QED) is 0.321. The fourth-order valence-corrected chi connectivity index (χ4v) is 3.68. The largest absolute Gasteiger partial charge is 0.491 e. The van der Waals surface area contributed by atoms with Crippen molar-refractivity contribution in [3.05, 3.63) is 53.6 Å². The number of ether oxygens (including phenoxy) is 1. The van der Waals surface area contributed by atoms with E-state index in [2.05, 4.69) is 0 Å². The molecule has 1 aliphatic rings. The monoisotopic (exact) mass is 424 g/mol. The molecule has 0 heterocycles. The van der Waals surface area contributed by atoms with Crippen LogP contribution in [-0.4, -0.2) is 51.3 Å². The van der Waals surface area contributed by atoms with Crippen molar-refractivity contribution >= 4 is 17.6 Å². The average molecular weight is 425 g/mol. The number of aliphatic hydroxyl groups excluding tert-OH is 3. The number of rotatable bonds is 11. The highest BCUT2D eigenvalue weighted by molar-refractivity contribution is 6.30. The van der Waals surface area contributed by atoms with Crippen LogP contribution >= 0.6 is 11.6 Å². The van der Waals surface area contributed by atoms with Crippen LogP contribution in [-0.2, 0) is 4.79 Å². The van der Waals surface area contributed by atoms with E-state index in [9.17, 15) is 20.1 Å². The summed E-state index contributed by atoms with van der Waals surface area (Å²) in [4.78, 5) is 10.5. The summed E-state index contributed by atoms with van der Waals surface area (Å²) in [6, 6.07) is 6.90. The number of halogens is 1. The van der Waals surface area contributed by atoms with Gasteiger partial charge in [-0.2, -0.15) is 0 Å². The van der Waals surface area contributed by atoms with Crippen LogP contribution in [0.4, 0.5) is 0 Å². The molecule has 6 nitrogen and oxygen atoms in total. The summed E-state index contributed by atoms with van der Waals surface area (Å²) in [5, 5.41) is 39.8. The number of hydrogen-bond donors (Lipinski definition) is 4. The second-order valence-electron chi connectivity index (χ2n) is 7.33. The Balaban J connectivity index is 1.83. The van der Waals surface area contributed by atoms with E-state index in [1.54, 1.807) is 36.4 Å². The summed E-state index contributed by atoms with van der Waals surface area (Å²) in [6.45, 7) is 0.0519. The van der Waals surface area contributed by atoms with E-state index in [-0.39, 0.29) is 24.9 Å². The molecule has 0 spiro atoms. The highest BCUT2D eigenvalue weighted by Gasteiger charge is 2.39. The van der Waals surface area contributed by atoms with E-state index in [4.69, 9.17) is 21.4 Å². The Morgan fingerprint density at radius 3 is 2.79 bits per heavy atom. The Morgan fingerprint density at radius 2 is 2.07 bits per heavy atom. The Hall–Kier alpha value is -1.86. The van der Waals surface area contributed by atoms with Gasteiger partial charge in [-0.05, 0) is 43.4 Å². The van der Waals surface area contributed by atoms with E-state index in [0.717, 1.165) is 0 Å². The maximum Gasteiger partial charge on any atom is 0.303 e. The van der Waals surface area contributed by atoms with Crippen molar-refractivity contribution in [2.45, 2.75) is 50.4 Å². The molecule has 1 aliphatic carbocycles. The molecule has 1 unspecified atom stereocenters. The predicted molar refractivity (Wildman–Crippen MR) is 111 cm³/mol. The third kappa shape index (κ3) is 8.19. The molecule has 0 aliphatic heterocycles. The first-order valence-corrected chi connectivity index (χ1v) is 10.2. The minimum Gasteiger partial charge on any atom is -0.491 e. The van der Waals surface area contributed by atoms with Gasteiger partial charge >= 0.3 is 5.97 Å². The molecule has 0 radical (unpaired) electrons. The molecule has 0 bridgehead atoms. The van der Waals surface area contributed by atoms with Crippen molar-refractivity contribution in [3.8, 4) is 5.75 Å². The van der Waals surface area contributed by atoms with Crippen LogP contribution in [0.3, 0.4) is 0 Å². The van der Waals surface area contributed by atoms with Crippen molar-refractivity contribution in [2.75, 3.05) is 6.61 Å². The first-order chi connectivity index (χ1) is 13.9. The Bertz CT molecular complexity index is 704. The maximum atomic E-state index is 10.5. The minimum atomic E-state index is -0.855. The van der Waals surface area contributed by atoms with Gasteiger partial charge in [0.25, 0.3) is 0 Å². The zero-order valence-electron chi connectivity index (χ0n) is 16.2. The standard InChI is InChI=1S/C22H29ClO6/c23-15-6-5-7-17(12-15)29-14-16(24)10-11-19-18(20(25)13-21(19)26)8-3-1-2-4-9-22(27)28/h1,3,5-7,10-12,16,18-21,24-26H,2,4,8-9,13-14H2,(H,27,28)/b3-1-,11-10+/t16?,18-,19-,20+,21+/m1/s1. The van der Waals surface area contributed by atoms with Crippen LogP contribution in [0.2, 0.25) is 5.02 Å². The van der Waals surface area contributed by atoms with E-state index in [0.29, 0.717) is 36.5 Å². The predicted octanol–water partition coefficient (Wildman–Crippen LogP) is 3.20. The van der Waals surface area contributed by atoms with Gasteiger partial charge in [0.15, 0.2) is 0 Å². The van der Waals surface area contributed by atoms with Crippen molar-refractivity contribution in [3.63, 3.8) is 0 Å². The van der Waals surface area contributed by atoms with Crippen molar-refractivity contribution < 1.29 is 30.0 Å². The molecule has 7 heteroatoms. The van der Waals surface area contributed by atoms with Gasteiger partial charge in [0.2, 0.25) is 0 Å². The number of unbranched alkanes of at least 4 members (excludes halogenated alkanes) is 1. The zero-order valence-corrected chi connectivity index (χ0v) is 17.0. The lowest BCUT2D eigenvalue weighted by Crippen LogP contribution is -2.21. The summed E-state index contributed by atoms with van der Waals surface area (Å²) in [5.41, 5.74) is 0. The SMILES string of the molecule is O=C(O)CCC/C=C\C[C@@H]1[C@@H](/C=C/C(O)COc2cccc(Cl)c2)[C@@H](O)C[C@@H]1O. The molecule has 1 saturated carbocycles. The fourth-order valence-electron chi connectivity index (χ4n) is 3.50. The van der Waals surface area contributed by atoms with Crippen molar-refractivity contribution in [1.82, 2.24) is 0 Å². The lowest BCUT2D eigenvalue weighted by molar-refractivity contribution is -0.137. The Morgan fingerprint density at radius 1 is 1.28 bits per heavy atom. The van der Waals surface area contributed by atoms with Gasteiger partial charge in [-0.25, -0.2) is 0 Å². The Labute approximate surface area is 176 Å². The van der Waals surface area contributed by atoms with Gasteiger partial charge in [0.05, 0.1) is 12.2 Å². The summed E-state index contributed by atoms with van der Waals surface area (Å²) >= 11 is 5.90. The van der Waals surface area contributed by atoms with E-state index >= 15 is 0 Å². The normalized spacial score (nSPS) is 25.7. The molecule has 1 aromatic carbocycles. The maximum absolute atomic E-state index is 10.5. The lowest BCUT2D eigenvalue weighted by atomic mass is 9.89. The number of allylic oxidation sites excluding steroid dienone is 2. The number of hydrogen-bond acceptors (Lipinski definition) is 5. The number of benzene rings is 1. The molecule has 160 valence electrons. The number of aliphatic carboxylic acids is 1. The summed E-state index contributed by atoms with van der Waals surface area (Å²) in [6.07, 6.45) is 7.26. The number of carboxylic acids is 1. The Kier molecular flexibility index (Phi) is 9.67. The van der Waals surface area contributed by atoms with Gasteiger partial charge in [0.1, 0.15) is 18.5 Å². The molecule has 0 amide bonds. The molecule has 0 aromatic heterocycles. The first kappa shape index (κ1) is 23.4. The smallest absolute Gasteiger partial charge is 0.303 e. The van der Waals surface area contributed by atoms with Crippen molar-refractivity contribution in [2.24, 2.45) is 11.8 Å². The van der Waals surface area contributed by atoms with E-state index in [1.807, 2.05) is 12.2 Å². The molecule has 5 atom stereocenters. The molecule has 1 fully saturated rings. The number of carboxylic acid groups (broad SMARTS) is 1. The first-order valence-electron chi connectivity index (χ1n) is 9.84. The summed E-state index contributed by atoms with van der Waals surface area (Å²) in [7, 11) is 0. The zero-order chi connectivity index (χ0) is 21.2. The highest BCUT2D eigenvalue weighted by Crippen LogP contribution is 2.36. The van der Waals surface area contributed by atoms with Crippen LogP contribution in [0.5, 0.6) is 5.75 Å². The van der Waals surface area contributed by atoms with Crippen LogP contribution in [0.25, 0.3) is 0 Å². The van der Waals surface area contributed by atoms with Crippen LogP contribution < -0.4 is 4.74 Å². The molecule has 0 saturated heterocycles. The van der Waals surface area contributed by atoms with Gasteiger partial charge in [0, 0.05) is 23.8 Å². The van der Waals surface area contributed by atoms with Crippen LogP contribution in [0, 0.1) is 11.8 Å². The van der Waals surface area contributed by atoms with Crippen LogP contribution in [0.15, 0.2) is 48.6 Å². The third-order valence-electron chi connectivity index (χ3n) is 5.02. The second kappa shape index (κ2) is 12.0. The minimum absolute atomic E-state index is 0.0519. The van der Waals surface area contributed by atoms with Gasteiger partial charge < -0.3 is 25.2 Å². The molecule has 2 rings (SSSR count). The third-order valence-corrected chi connectivity index (χ3v) is 5.26. The second-order valence-corrected chi connectivity index (χ2v) is 7.76. The lowest BCUT2D eigenvalue weighted by Gasteiger charge is -2.19. The fraction of sp³-hybridized carbons (Fsp3) is 0.500. The number of aliphatic hydroxyl groups is 3. The van der Waals surface area contributed by atoms with E-state index < -0.39 is 24.3 Å². The highest BCUT2D eigenvalue weighted by atomic mass is 35.5. The topological polar surface area (TPSA) is 107 Å². The van der Waals surface area contributed by atoms with Gasteiger partial charge in [-0.1, -0.05) is 42.0 Å². The average Bonchev–Trinajstić information content (AvgIpc) is 2.93. The molecular weight excluding hydrogens is 396 g/mol. The number of carbonyl (C=O) groups is 1. The summed E-state index contributed by atoms with van der Waals surface area (Å²) in [5.74, 6) is -0.671. The molecule has 1 aromatic rings. The van der Waals surface area contributed by atoms with Crippen LogP contribution in [0.1, 0.15) is 32.1 Å². The molecular formula is C22H29ClO6. The summed E-state index contributed by atoms with van der Waals surface area (Å²) < 4.78 is 5.51. The molecule has 29 heavy (non-hydrogen) atoms. The van der Waals surface area contributed by atoms with Gasteiger partial charge in [-0.15, -0.1) is 0 Å². The molecule has 4 N–H and O–H groups in total.